The number of hydrogen-bond donors (Lipinski definition) is 0. The highest BCUT2D eigenvalue weighted by molar-refractivity contribution is 9.10. The summed E-state index contributed by atoms with van der Waals surface area (Å²) >= 11 is 3.13. The number of aryl methyl sites for hydroxylation is 2. The lowest BCUT2D eigenvalue weighted by molar-refractivity contribution is -0.155. The fourth-order valence-electron chi connectivity index (χ4n) is 5.51. The first-order valence-electron chi connectivity index (χ1n) is 12.2. The van der Waals surface area contributed by atoms with Gasteiger partial charge in [0, 0.05) is 24.3 Å². The second-order valence-electron chi connectivity index (χ2n) is 9.55. The third-order valence-corrected chi connectivity index (χ3v) is 7.83. The number of imide groups is 1. The molecule has 39 heavy (non-hydrogen) atoms. The molecule has 0 radical (unpaired) electrons. The van der Waals surface area contributed by atoms with Crippen molar-refractivity contribution >= 4 is 50.6 Å². The van der Waals surface area contributed by atoms with Gasteiger partial charge in [-0.1, -0.05) is 15.9 Å². The lowest BCUT2D eigenvalue weighted by Crippen LogP contribution is -2.59. The summed E-state index contributed by atoms with van der Waals surface area (Å²) in [6.45, 7) is 1.27. The van der Waals surface area contributed by atoms with Gasteiger partial charge < -0.3 is 4.74 Å². The molecule has 5 rings (SSSR count). The van der Waals surface area contributed by atoms with Crippen LogP contribution in [0.5, 0.6) is 0 Å². The second-order valence-corrected chi connectivity index (χ2v) is 10.5. The Morgan fingerprint density at radius 1 is 1.08 bits per heavy atom. The smallest absolute Gasteiger partial charge is 0.416 e. The minimum atomic E-state index is -4.63. The summed E-state index contributed by atoms with van der Waals surface area (Å²) in [6.07, 6.45) is -4.55. The quantitative estimate of drug-likeness (QED) is 0.325. The van der Waals surface area contributed by atoms with Crippen LogP contribution in [-0.2, 0) is 41.0 Å². The molecule has 3 amide bonds. The zero-order valence-corrected chi connectivity index (χ0v) is 22.8. The summed E-state index contributed by atoms with van der Waals surface area (Å²) in [4.78, 5) is 54.9. The molecular weight excluding hydrogens is 585 g/mol. The van der Waals surface area contributed by atoms with Gasteiger partial charge in [-0.15, -0.1) is 0 Å². The van der Waals surface area contributed by atoms with Crippen molar-refractivity contribution in [1.82, 2.24) is 14.0 Å². The average Bonchev–Trinajstić information content (AvgIpc) is 3.37. The van der Waals surface area contributed by atoms with Crippen molar-refractivity contribution in [3.63, 3.8) is 0 Å². The maximum Gasteiger partial charge on any atom is 0.416 e. The zero-order chi connectivity index (χ0) is 28.4. The molecule has 2 aromatic carbocycles. The van der Waals surface area contributed by atoms with Crippen molar-refractivity contribution < 1.29 is 32.3 Å². The van der Waals surface area contributed by atoms with Crippen molar-refractivity contribution in [2.24, 2.45) is 20.0 Å². The van der Waals surface area contributed by atoms with Gasteiger partial charge in [-0.25, -0.2) is 9.59 Å². The van der Waals surface area contributed by atoms with E-state index < -0.39 is 41.6 Å². The molecule has 0 spiro atoms. The van der Waals surface area contributed by atoms with Crippen molar-refractivity contribution in [1.29, 1.82) is 0 Å². The van der Waals surface area contributed by atoms with Crippen LogP contribution in [0, 0.1) is 5.92 Å². The largest absolute Gasteiger partial charge is 0.465 e. The Kier molecular flexibility index (Phi) is 6.60. The van der Waals surface area contributed by atoms with Gasteiger partial charge in [-0.2, -0.15) is 13.2 Å². The lowest BCUT2D eigenvalue weighted by atomic mass is 9.98. The molecule has 2 unspecified atom stereocenters. The average molecular weight is 609 g/mol. The van der Waals surface area contributed by atoms with E-state index in [0.717, 1.165) is 11.0 Å². The van der Waals surface area contributed by atoms with Crippen LogP contribution in [0.2, 0.25) is 0 Å². The van der Waals surface area contributed by atoms with Gasteiger partial charge in [-0.05, 0) is 61.2 Å². The predicted octanol–water partition coefficient (Wildman–Crippen LogP) is 4.29. The van der Waals surface area contributed by atoms with Crippen LogP contribution in [0.1, 0.15) is 36.1 Å². The number of benzene rings is 2. The van der Waals surface area contributed by atoms with E-state index in [-0.39, 0.29) is 47.3 Å². The molecule has 0 saturated carbocycles. The van der Waals surface area contributed by atoms with E-state index in [1.54, 1.807) is 39.2 Å². The van der Waals surface area contributed by atoms with Crippen molar-refractivity contribution in [3.8, 4) is 0 Å². The number of esters is 1. The topological polar surface area (TPSA) is 93.8 Å². The van der Waals surface area contributed by atoms with Gasteiger partial charge in [0.05, 0.1) is 35.8 Å². The van der Waals surface area contributed by atoms with Crippen molar-refractivity contribution in [2.75, 3.05) is 18.1 Å². The molecule has 2 atom stereocenters. The van der Waals surface area contributed by atoms with Gasteiger partial charge in [0.15, 0.2) is 5.92 Å². The summed E-state index contributed by atoms with van der Waals surface area (Å²) in [5.41, 5.74) is 0.561. The molecule has 1 aliphatic heterocycles. The molecule has 1 fully saturated rings. The Labute approximate surface area is 228 Å². The summed E-state index contributed by atoms with van der Waals surface area (Å²) in [6, 6.07) is 5.52. The zero-order valence-electron chi connectivity index (χ0n) is 21.2. The molecule has 1 aromatic heterocycles. The molecule has 2 aliphatic rings. The number of aromatic nitrogens is 2. The molecule has 0 N–H and O–H groups in total. The van der Waals surface area contributed by atoms with E-state index in [2.05, 4.69) is 15.9 Å². The van der Waals surface area contributed by atoms with Crippen LogP contribution in [0.4, 0.5) is 23.7 Å². The SMILES string of the molecule is CCOC(=O)C1CN(c2ccc3c(c2)n(C)c(=O)n3C)C(=O)N(C2CCc3c2cc(Br)cc3C(F)(F)F)C1=O. The Balaban J connectivity index is 1.63. The summed E-state index contributed by atoms with van der Waals surface area (Å²) in [7, 11) is 3.19. The van der Waals surface area contributed by atoms with E-state index in [1.165, 1.54) is 20.1 Å². The van der Waals surface area contributed by atoms with E-state index in [0.29, 0.717) is 16.7 Å². The highest BCUT2D eigenvalue weighted by atomic mass is 79.9. The number of imidazole rings is 1. The summed E-state index contributed by atoms with van der Waals surface area (Å²) in [5.74, 6) is -3.04. The van der Waals surface area contributed by atoms with Gasteiger partial charge in [0.2, 0.25) is 5.91 Å². The van der Waals surface area contributed by atoms with E-state index in [9.17, 15) is 32.3 Å². The number of hydrogen-bond acceptors (Lipinski definition) is 5. The monoisotopic (exact) mass is 608 g/mol. The minimum Gasteiger partial charge on any atom is -0.465 e. The third-order valence-electron chi connectivity index (χ3n) is 7.37. The first-order chi connectivity index (χ1) is 18.3. The first kappa shape index (κ1) is 27.0. The van der Waals surface area contributed by atoms with E-state index in [4.69, 9.17) is 4.74 Å². The number of carbonyl (C=O) groups is 3. The van der Waals surface area contributed by atoms with Crippen LogP contribution < -0.4 is 10.6 Å². The highest BCUT2D eigenvalue weighted by Gasteiger charge is 2.49. The summed E-state index contributed by atoms with van der Waals surface area (Å²) < 4.78 is 49.5. The van der Waals surface area contributed by atoms with Crippen LogP contribution >= 0.6 is 15.9 Å². The Morgan fingerprint density at radius 3 is 2.44 bits per heavy atom. The molecular formula is C26H24BrF3N4O5. The fourth-order valence-corrected chi connectivity index (χ4v) is 5.98. The fraction of sp³-hybridized carbons (Fsp3) is 0.385. The molecule has 206 valence electrons. The first-order valence-corrected chi connectivity index (χ1v) is 13.0. The molecule has 9 nitrogen and oxygen atoms in total. The lowest BCUT2D eigenvalue weighted by Gasteiger charge is -2.40. The molecule has 13 heteroatoms. The van der Waals surface area contributed by atoms with Crippen LogP contribution in [0.15, 0.2) is 39.6 Å². The molecule has 1 aliphatic carbocycles. The minimum absolute atomic E-state index is 0.00133. The van der Waals surface area contributed by atoms with Gasteiger partial charge in [-0.3, -0.25) is 28.5 Å². The number of ether oxygens (including phenoxy) is 1. The molecule has 0 bridgehead atoms. The van der Waals surface area contributed by atoms with Gasteiger partial charge >= 0.3 is 23.9 Å². The third kappa shape index (κ3) is 4.32. The van der Waals surface area contributed by atoms with Crippen LogP contribution in [-0.4, -0.2) is 45.1 Å². The standard InChI is InChI=1S/C26H24BrF3N4O5/c1-4-39-23(36)17-12-33(14-5-7-20-21(11-14)32(3)24(37)31(20)2)25(38)34(22(17)35)19-8-6-15-16(19)9-13(27)10-18(15)26(28,29)30/h5,7,9-11,17,19H,4,6,8,12H2,1-3H3. The molecule has 2 heterocycles. The number of amides is 3. The molecule has 1 saturated heterocycles. The number of anilines is 1. The van der Waals surface area contributed by atoms with Gasteiger partial charge in [0.25, 0.3) is 0 Å². The van der Waals surface area contributed by atoms with Crippen LogP contribution in [0.3, 0.4) is 0 Å². The maximum atomic E-state index is 13.9. The number of nitrogens with zero attached hydrogens (tertiary/aromatic N) is 4. The van der Waals surface area contributed by atoms with Crippen molar-refractivity contribution in [3.05, 3.63) is 62.0 Å². The number of fused-ring (bicyclic) bond motifs is 2. The highest BCUT2D eigenvalue weighted by Crippen LogP contribution is 2.46. The number of halogens is 4. The van der Waals surface area contributed by atoms with E-state index in [1.807, 2.05) is 0 Å². The van der Waals surface area contributed by atoms with Crippen molar-refractivity contribution in [2.45, 2.75) is 32.0 Å². The summed E-state index contributed by atoms with van der Waals surface area (Å²) in [5, 5.41) is 0. The predicted molar refractivity (Wildman–Crippen MR) is 138 cm³/mol. The maximum absolute atomic E-state index is 13.9. The number of rotatable bonds is 4. The Hall–Kier alpha value is -3.61. The number of carbonyl (C=O) groups excluding carboxylic acids is 3. The van der Waals surface area contributed by atoms with E-state index >= 15 is 0 Å². The Bertz CT molecular complexity index is 1590. The Morgan fingerprint density at radius 2 is 1.77 bits per heavy atom. The number of urea groups is 1. The van der Waals surface area contributed by atoms with Gasteiger partial charge in [0.1, 0.15) is 0 Å². The normalized spacial score (nSPS) is 19.7. The molecule has 3 aromatic rings. The second kappa shape index (κ2) is 9.54. The number of alkyl halides is 3. The van der Waals surface area contributed by atoms with Crippen LogP contribution in [0.25, 0.3) is 11.0 Å².